The zero-order valence-electron chi connectivity index (χ0n) is 15.5. The second kappa shape index (κ2) is 8.24. The van der Waals surface area contributed by atoms with Gasteiger partial charge in [0.1, 0.15) is 6.54 Å². The number of nitro benzene ring substituents is 1. The second-order valence-electron chi connectivity index (χ2n) is 6.32. The van der Waals surface area contributed by atoms with E-state index in [-0.39, 0.29) is 18.1 Å². The lowest BCUT2D eigenvalue weighted by molar-refractivity contribution is -0.384. The number of carbonyl (C=O) groups is 1. The maximum absolute atomic E-state index is 12.7. The first kappa shape index (κ1) is 20.0. The van der Waals surface area contributed by atoms with E-state index in [2.05, 4.69) is 36.8 Å². The fourth-order valence-electron chi connectivity index (χ4n) is 2.88. The number of hydrogen-bond acceptors (Lipinski definition) is 7. The van der Waals surface area contributed by atoms with Gasteiger partial charge in [0.25, 0.3) is 5.69 Å². The van der Waals surface area contributed by atoms with E-state index < -0.39 is 4.92 Å². The SMILES string of the molecule is Cn1nnnc1Sc1ccc(Br)cc1NC(=O)Cn1ccc2cc([N+](=O)[O-])ccc21. The van der Waals surface area contributed by atoms with E-state index in [1.54, 1.807) is 40.7 Å². The molecule has 2 aromatic carbocycles. The topological polar surface area (TPSA) is 121 Å². The Morgan fingerprint density at radius 1 is 1.27 bits per heavy atom. The van der Waals surface area contributed by atoms with Crippen molar-refractivity contribution in [2.75, 3.05) is 5.32 Å². The average molecular weight is 488 g/mol. The number of nitrogens with one attached hydrogen (secondary N) is 1. The summed E-state index contributed by atoms with van der Waals surface area (Å²) in [6, 6.07) is 11.8. The zero-order chi connectivity index (χ0) is 21.3. The molecule has 0 atom stereocenters. The number of anilines is 1. The molecule has 1 amide bonds. The molecule has 0 saturated heterocycles. The minimum atomic E-state index is -0.442. The number of carbonyl (C=O) groups excluding carboxylic acids is 1. The molecule has 0 aliphatic rings. The summed E-state index contributed by atoms with van der Waals surface area (Å²) in [6.45, 7) is 0.0590. The number of tetrazole rings is 1. The van der Waals surface area contributed by atoms with Crippen LogP contribution in [0.25, 0.3) is 10.9 Å². The molecular formula is C18H14BrN7O3S. The summed E-state index contributed by atoms with van der Waals surface area (Å²) < 4.78 is 4.10. The van der Waals surface area contributed by atoms with E-state index >= 15 is 0 Å². The maximum Gasteiger partial charge on any atom is 0.270 e. The predicted molar refractivity (Wildman–Crippen MR) is 114 cm³/mol. The second-order valence-corrected chi connectivity index (χ2v) is 8.24. The highest BCUT2D eigenvalue weighted by Gasteiger charge is 2.14. The molecule has 0 spiro atoms. The monoisotopic (exact) mass is 487 g/mol. The first-order valence-electron chi connectivity index (χ1n) is 8.63. The smallest absolute Gasteiger partial charge is 0.270 e. The van der Waals surface area contributed by atoms with E-state index in [4.69, 9.17) is 0 Å². The Morgan fingerprint density at radius 3 is 2.83 bits per heavy atom. The van der Waals surface area contributed by atoms with Crippen LogP contribution in [0.15, 0.2) is 63.2 Å². The fraction of sp³-hybridized carbons (Fsp3) is 0.111. The number of hydrogen-bond donors (Lipinski definition) is 1. The van der Waals surface area contributed by atoms with Crippen LogP contribution >= 0.6 is 27.7 Å². The maximum atomic E-state index is 12.7. The van der Waals surface area contributed by atoms with Gasteiger partial charge in [-0.2, -0.15) is 0 Å². The van der Waals surface area contributed by atoms with Crippen LogP contribution in [0.4, 0.5) is 11.4 Å². The summed E-state index contributed by atoms with van der Waals surface area (Å²) in [7, 11) is 1.74. The number of fused-ring (bicyclic) bond motifs is 1. The highest BCUT2D eigenvalue weighted by molar-refractivity contribution is 9.10. The number of rotatable bonds is 6. The molecule has 1 N–H and O–H groups in total. The Morgan fingerprint density at radius 2 is 2.10 bits per heavy atom. The molecule has 0 fully saturated rings. The Labute approximate surface area is 182 Å². The summed E-state index contributed by atoms with van der Waals surface area (Å²) in [5.41, 5.74) is 1.37. The lowest BCUT2D eigenvalue weighted by Crippen LogP contribution is -2.18. The number of amides is 1. The average Bonchev–Trinajstić information content (AvgIpc) is 3.29. The predicted octanol–water partition coefficient (Wildman–Crippen LogP) is 3.63. The van der Waals surface area contributed by atoms with Gasteiger partial charge in [-0.1, -0.05) is 15.9 Å². The molecule has 2 heterocycles. The number of nitro groups is 1. The molecule has 2 aromatic heterocycles. The molecule has 4 rings (SSSR count). The van der Waals surface area contributed by atoms with Gasteiger partial charge in [-0.15, -0.1) is 5.10 Å². The lowest BCUT2D eigenvalue weighted by atomic mass is 10.2. The van der Waals surface area contributed by atoms with Gasteiger partial charge in [-0.3, -0.25) is 14.9 Å². The molecule has 30 heavy (non-hydrogen) atoms. The normalized spacial score (nSPS) is 11.0. The van der Waals surface area contributed by atoms with E-state index in [9.17, 15) is 14.9 Å². The van der Waals surface area contributed by atoms with Gasteiger partial charge in [0.15, 0.2) is 0 Å². The van der Waals surface area contributed by atoms with Crippen LogP contribution in [0.2, 0.25) is 0 Å². The summed E-state index contributed by atoms with van der Waals surface area (Å²) in [5, 5.41) is 26.5. The van der Waals surface area contributed by atoms with Crippen LogP contribution in [0.1, 0.15) is 0 Å². The summed E-state index contributed by atoms with van der Waals surface area (Å²) in [4.78, 5) is 24.0. The largest absolute Gasteiger partial charge is 0.338 e. The van der Waals surface area contributed by atoms with E-state index in [0.29, 0.717) is 16.2 Å². The van der Waals surface area contributed by atoms with Crippen molar-refractivity contribution in [1.29, 1.82) is 0 Å². The van der Waals surface area contributed by atoms with Crippen LogP contribution in [-0.4, -0.2) is 35.6 Å². The molecule has 10 nitrogen and oxygen atoms in total. The number of benzene rings is 2. The number of halogens is 1. The van der Waals surface area contributed by atoms with E-state index in [1.165, 1.54) is 23.9 Å². The Kier molecular flexibility index (Phi) is 5.50. The minimum absolute atomic E-state index is 0.0127. The number of non-ortho nitro benzene ring substituents is 1. The van der Waals surface area contributed by atoms with Crippen LogP contribution in [-0.2, 0) is 18.4 Å². The van der Waals surface area contributed by atoms with Crippen LogP contribution in [0.5, 0.6) is 0 Å². The molecular weight excluding hydrogens is 474 g/mol. The summed E-state index contributed by atoms with van der Waals surface area (Å²) >= 11 is 4.76. The molecule has 0 radical (unpaired) electrons. The van der Waals surface area contributed by atoms with Crippen molar-refractivity contribution in [3.63, 3.8) is 0 Å². The van der Waals surface area contributed by atoms with Gasteiger partial charge in [-0.05, 0) is 52.5 Å². The summed E-state index contributed by atoms with van der Waals surface area (Å²) in [6.07, 6.45) is 1.73. The molecule has 152 valence electrons. The van der Waals surface area contributed by atoms with Gasteiger partial charge in [0.05, 0.1) is 10.6 Å². The van der Waals surface area contributed by atoms with E-state index in [0.717, 1.165) is 14.9 Å². The standard InChI is InChI=1S/C18H14BrN7O3S/c1-24-18(21-22-23-24)30-16-5-2-12(19)9-14(16)20-17(27)10-25-7-6-11-8-13(26(28)29)3-4-15(11)25/h2-9H,10H2,1H3,(H,20,27). The molecule has 4 aromatic rings. The first-order valence-corrected chi connectivity index (χ1v) is 10.2. The Balaban J connectivity index is 1.54. The number of aromatic nitrogens is 5. The number of aryl methyl sites for hydroxylation is 1. The van der Waals surface area contributed by atoms with Gasteiger partial charge < -0.3 is 9.88 Å². The third kappa shape index (κ3) is 4.19. The zero-order valence-corrected chi connectivity index (χ0v) is 17.9. The van der Waals surface area contributed by atoms with Crippen molar-refractivity contribution in [1.82, 2.24) is 24.8 Å². The molecule has 0 bridgehead atoms. The van der Waals surface area contributed by atoms with Crippen molar-refractivity contribution < 1.29 is 9.72 Å². The van der Waals surface area contributed by atoms with Crippen molar-refractivity contribution >= 4 is 55.9 Å². The minimum Gasteiger partial charge on any atom is -0.338 e. The summed E-state index contributed by atoms with van der Waals surface area (Å²) in [5.74, 6) is -0.234. The molecule has 0 aliphatic heterocycles. The molecule has 12 heteroatoms. The Hall–Kier alpha value is -3.25. The van der Waals surface area contributed by atoms with E-state index in [1.807, 2.05) is 12.1 Å². The third-order valence-electron chi connectivity index (χ3n) is 4.28. The number of nitrogens with zero attached hydrogens (tertiary/aromatic N) is 6. The lowest BCUT2D eigenvalue weighted by Gasteiger charge is -2.12. The van der Waals surface area contributed by atoms with Crippen molar-refractivity contribution in [2.24, 2.45) is 7.05 Å². The van der Waals surface area contributed by atoms with Gasteiger partial charge in [0.2, 0.25) is 11.1 Å². The van der Waals surface area contributed by atoms with Crippen molar-refractivity contribution in [3.8, 4) is 0 Å². The van der Waals surface area contributed by atoms with Gasteiger partial charge in [-0.25, -0.2) is 4.68 Å². The van der Waals surface area contributed by atoms with Gasteiger partial charge in [0, 0.05) is 45.6 Å². The first-order chi connectivity index (χ1) is 14.4. The van der Waals surface area contributed by atoms with Gasteiger partial charge >= 0.3 is 0 Å². The highest BCUT2D eigenvalue weighted by Crippen LogP contribution is 2.34. The molecule has 0 unspecified atom stereocenters. The van der Waals surface area contributed by atoms with Crippen LogP contribution in [0, 0.1) is 10.1 Å². The molecule has 0 saturated carbocycles. The highest BCUT2D eigenvalue weighted by atomic mass is 79.9. The fourth-order valence-corrected chi connectivity index (χ4v) is 4.04. The van der Waals surface area contributed by atoms with Crippen LogP contribution in [0.3, 0.4) is 0 Å². The molecule has 0 aliphatic carbocycles. The quantitative estimate of drug-likeness (QED) is 0.325. The van der Waals surface area contributed by atoms with Crippen LogP contribution < -0.4 is 5.32 Å². The van der Waals surface area contributed by atoms with Crippen molar-refractivity contribution in [2.45, 2.75) is 16.6 Å². The Bertz CT molecular complexity index is 1270. The third-order valence-corrected chi connectivity index (χ3v) is 5.88. The van der Waals surface area contributed by atoms with Crippen molar-refractivity contribution in [3.05, 3.63) is 63.2 Å².